The van der Waals surface area contributed by atoms with Gasteiger partial charge in [0.25, 0.3) is 0 Å². The summed E-state index contributed by atoms with van der Waals surface area (Å²) in [6.07, 6.45) is 9.65. The molecular weight excluding hydrogens is 376 g/mol. The number of amides is 2. The van der Waals surface area contributed by atoms with Gasteiger partial charge in [-0.2, -0.15) is 0 Å². The number of fused-ring (bicyclic) bond motifs is 1. The highest BCUT2D eigenvalue weighted by molar-refractivity contribution is 5.85. The molecule has 2 amide bonds. The summed E-state index contributed by atoms with van der Waals surface area (Å²) in [6, 6.07) is 8.38. The van der Waals surface area contributed by atoms with Gasteiger partial charge in [0, 0.05) is 26.6 Å². The smallest absolute Gasteiger partial charge is 0.242 e. The maximum absolute atomic E-state index is 13.1. The van der Waals surface area contributed by atoms with Crippen molar-refractivity contribution >= 4 is 11.8 Å². The molecule has 0 aliphatic carbocycles. The van der Waals surface area contributed by atoms with Crippen LogP contribution in [0.15, 0.2) is 24.3 Å². The van der Waals surface area contributed by atoms with Crippen molar-refractivity contribution in [2.75, 3.05) is 33.4 Å². The molecule has 0 fully saturated rings. The molecule has 0 bridgehead atoms. The fourth-order valence-electron chi connectivity index (χ4n) is 4.25. The predicted octanol–water partition coefficient (Wildman–Crippen LogP) is 4.75. The Morgan fingerprint density at radius 2 is 1.80 bits per heavy atom. The Labute approximate surface area is 182 Å². The van der Waals surface area contributed by atoms with Crippen LogP contribution in [0.3, 0.4) is 0 Å². The molecule has 0 aromatic heterocycles. The minimum atomic E-state index is 0.0287. The Morgan fingerprint density at radius 3 is 2.53 bits per heavy atom. The minimum absolute atomic E-state index is 0.0287. The molecule has 0 saturated carbocycles. The van der Waals surface area contributed by atoms with E-state index in [1.807, 2.05) is 11.0 Å². The summed E-state index contributed by atoms with van der Waals surface area (Å²) in [5.74, 6) is 0.0973. The van der Waals surface area contributed by atoms with Crippen molar-refractivity contribution in [1.29, 1.82) is 0 Å². The summed E-state index contributed by atoms with van der Waals surface area (Å²) in [5.41, 5.74) is 2.54. The molecular formula is C25H40N2O3. The summed E-state index contributed by atoms with van der Waals surface area (Å²) in [4.78, 5) is 29.5. The van der Waals surface area contributed by atoms with E-state index in [0.717, 1.165) is 19.3 Å². The molecule has 0 N–H and O–H groups in total. The average Bonchev–Trinajstić information content (AvgIpc) is 2.76. The van der Waals surface area contributed by atoms with E-state index in [2.05, 4.69) is 32.0 Å². The van der Waals surface area contributed by atoms with Gasteiger partial charge in [0.05, 0.1) is 19.2 Å². The number of nitrogens with zero attached hydrogens (tertiary/aromatic N) is 2. The van der Waals surface area contributed by atoms with Gasteiger partial charge >= 0.3 is 0 Å². The number of carbonyl (C=O) groups is 2. The van der Waals surface area contributed by atoms with Crippen LogP contribution in [0.25, 0.3) is 0 Å². The molecule has 1 aliphatic heterocycles. The van der Waals surface area contributed by atoms with Gasteiger partial charge in [-0.1, -0.05) is 69.7 Å². The normalized spacial score (nSPS) is 15.7. The predicted molar refractivity (Wildman–Crippen MR) is 121 cm³/mol. The first-order chi connectivity index (χ1) is 14.6. The number of unbranched alkanes of at least 4 members (excludes halogenated alkanes) is 6. The van der Waals surface area contributed by atoms with Crippen molar-refractivity contribution in [1.82, 2.24) is 9.80 Å². The second-order valence-electron chi connectivity index (χ2n) is 8.39. The largest absolute Gasteiger partial charge is 0.383 e. The van der Waals surface area contributed by atoms with Crippen LogP contribution in [0.4, 0.5) is 0 Å². The van der Waals surface area contributed by atoms with Gasteiger partial charge in [0.15, 0.2) is 0 Å². The molecule has 0 radical (unpaired) electrons. The van der Waals surface area contributed by atoms with E-state index in [0.29, 0.717) is 26.1 Å². The monoisotopic (exact) mass is 416 g/mol. The zero-order valence-corrected chi connectivity index (χ0v) is 19.2. The van der Waals surface area contributed by atoms with Gasteiger partial charge < -0.3 is 14.5 Å². The lowest BCUT2D eigenvalue weighted by Crippen LogP contribution is -2.46. The molecule has 5 heteroatoms. The van der Waals surface area contributed by atoms with Crippen LogP contribution in [0.5, 0.6) is 0 Å². The molecule has 1 heterocycles. The molecule has 1 unspecified atom stereocenters. The molecule has 2 rings (SSSR count). The summed E-state index contributed by atoms with van der Waals surface area (Å²) in [7, 11) is 1.63. The quantitative estimate of drug-likeness (QED) is 0.436. The van der Waals surface area contributed by atoms with Crippen LogP contribution in [-0.2, 0) is 20.7 Å². The molecule has 1 aliphatic rings. The van der Waals surface area contributed by atoms with E-state index in [-0.39, 0.29) is 24.4 Å². The van der Waals surface area contributed by atoms with Gasteiger partial charge in [-0.15, -0.1) is 0 Å². The van der Waals surface area contributed by atoms with E-state index >= 15 is 0 Å². The Morgan fingerprint density at radius 1 is 1.10 bits per heavy atom. The van der Waals surface area contributed by atoms with E-state index < -0.39 is 0 Å². The second kappa shape index (κ2) is 13.4. The Hall–Kier alpha value is -1.88. The third kappa shape index (κ3) is 7.42. The van der Waals surface area contributed by atoms with Crippen molar-refractivity contribution in [3.05, 3.63) is 35.4 Å². The Balaban J connectivity index is 1.85. The molecule has 168 valence electrons. The number of hydrogen-bond donors (Lipinski definition) is 0. The Bertz CT molecular complexity index is 662. The van der Waals surface area contributed by atoms with Gasteiger partial charge in [-0.25, -0.2) is 0 Å². The summed E-state index contributed by atoms with van der Waals surface area (Å²) in [6.45, 7) is 6.07. The summed E-state index contributed by atoms with van der Waals surface area (Å²) >= 11 is 0. The van der Waals surface area contributed by atoms with E-state index in [4.69, 9.17) is 4.74 Å². The number of methoxy groups -OCH3 is 1. The second-order valence-corrected chi connectivity index (χ2v) is 8.39. The minimum Gasteiger partial charge on any atom is -0.383 e. The lowest BCUT2D eigenvalue weighted by atomic mass is 9.93. The first-order valence-electron chi connectivity index (χ1n) is 11.7. The molecule has 1 atom stereocenters. The number of benzene rings is 1. The van der Waals surface area contributed by atoms with Crippen molar-refractivity contribution in [2.45, 2.75) is 77.7 Å². The van der Waals surface area contributed by atoms with Gasteiger partial charge in [0.1, 0.15) is 0 Å². The van der Waals surface area contributed by atoms with Crippen molar-refractivity contribution < 1.29 is 14.3 Å². The molecule has 1 aromatic carbocycles. The van der Waals surface area contributed by atoms with Crippen LogP contribution in [0.2, 0.25) is 0 Å². The van der Waals surface area contributed by atoms with E-state index in [1.54, 1.807) is 12.0 Å². The maximum atomic E-state index is 13.1. The van der Waals surface area contributed by atoms with Gasteiger partial charge in [-0.05, 0) is 30.9 Å². The van der Waals surface area contributed by atoms with Crippen LogP contribution in [-0.4, -0.2) is 55.0 Å². The van der Waals surface area contributed by atoms with Gasteiger partial charge in [0.2, 0.25) is 11.8 Å². The summed E-state index contributed by atoms with van der Waals surface area (Å²) < 4.78 is 5.18. The standard InChI is InChI=1S/C25H40N2O3/c1-4-5-6-7-8-9-10-15-24(28)26(18-19-30-3)20-25(29)27-17-16-22-13-11-12-14-23(22)21(27)2/h11-14,21H,4-10,15-20H2,1-3H3. The first kappa shape index (κ1) is 24.4. The third-order valence-corrected chi connectivity index (χ3v) is 6.15. The highest BCUT2D eigenvalue weighted by Gasteiger charge is 2.29. The fourth-order valence-corrected chi connectivity index (χ4v) is 4.25. The van der Waals surface area contributed by atoms with Crippen molar-refractivity contribution in [3.63, 3.8) is 0 Å². The zero-order chi connectivity index (χ0) is 21.8. The number of ether oxygens (including phenoxy) is 1. The van der Waals surface area contributed by atoms with E-state index in [1.165, 1.54) is 43.2 Å². The Kier molecular flexibility index (Phi) is 10.9. The summed E-state index contributed by atoms with van der Waals surface area (Å²) in [5, 5.41) is 0. The average molecular weight is 417 g/mol. The molecule has 30 heavy (non-hydrogen) atoms. The number of hydrogen-bond acceptors (Lipinski definition) is 3. The van der Waals surface area contributed by atoms with Crippen LogP contribution in [0, 0.1) is 0 Å². The van der Waals surface area contributed by atoms with Crippen molar-refractivity contribution in [2.24, 2.45) is 0 Å². The zero-order valence-electron chi connectivity index (χ0n) is 19.2. The molecule has 5 nitrogen and oxygen atoms in total. The SMILES string of the molecule is CCCCCCCCCC(=O)N(CCOC)CC(=O)N1CCc2ccccc2C1C. The van der Waals surface area contributed by atoms with Crippen LogP contribution in [0.1, 0.15) is 82.4 Å². The van der Waals surface area contributed by atoms with Crippen molar-refractivity contribution in [3.8, 4) is 0 Å². The van der Waals surface area contributed by atoms with Crippen LogP contribution >= 0.6 is 0 Å². The molecule has 1 aromatic rings. The highest BCUT2D eigenvalue weighted by Crippen LogP contribution is 2.29. The maximum Gasteiger partial charge on any atom is 0.242 e. The van der Waals surface area contributed by atoms with Crippen LogP contribution < -0.4 is 0 Å². The topological polar surface area (TPSA) is 49.9 Å². The first-order valence-corrected chi connectivity index (χ1v) is 11.7. The van der Waals surface area contributed by atoms with E-state index in [9.17, 15) is 9.59 Å². The lowest BCUT2D eigenvalue weighted by molar-refractivity contribution is -0.142. The lowest BCUT2D eigenvalue weighted by Gasteiger charge is -2.36. The third-order valence-electron chi connectivity index (χ3n) is 6.15. The number of rotatable bonds is 13. The number of carbonyl (C=O) groups excluding carboxylic acids is 2. The highest BCUT2D eigenvalue weighted by atomic mass is 16.5. The molecule has 0 saturated heterocycles. The molecule has 0 spiro atoms. The van der Waals surface area contributed by atoms with Gasteiger partial charge in [-0.3, -0.25) is 9.59 Å². The fraction of sp³-hybridized carbons (Fsp3) is 0.680.